The molecule has 0 heterocycles. The number of unbranched alkanes of at least 4 members (excludes halogenated alkanes) is 1. The van der Waals surface area contributed by atoms with Gasteiger partial charge in [0.2, 0.25) is 0 Å². The summed E-state index contributed by atoms with van der Waals surface area (Å²) in [4.78, 5) is 7.88. The summed E-state index contributed by atoms with van der Waals surface area (Å²) in [5.41, 5.74) is 3.18. The van der Waals surface area contributed by atoms with E-state index in [2.05, 4.69) is 48.2 Å². The summed E-state index contributed by atoms with van der Waals surface area (Å²) in [7, 11) is 0. The number of likely N-dealkylation sites (N-methyl/N-ethyl adjacent to an activating group) is 1. The number of oxime groups is 1. The van der Waals surface area contributed by atoms with Crippen LogP contribution in [0, 0.1) is 5.82 Å². The van der Waals surface area contributed by atoms with Crippen LogP contribution in [0.1, 0.15) is 44.2 Å². The van der Waals surface area contributed by atoms with Gasteiger partial charge in [-0.1, -0.05) is 61.5 Å². The van der Waals surface area contributed by atoms with Gasteiger partial charge in [0.15, 0.2) is 0 Å². The zero-order valence-corrected chi connectivity index (χ0v) is 16.5. The van der Waals surface area contributed by atoms with Crippen LogP contribution in [0.4, 0.5) is 4.39 Å². The van der Waals surface area contributed by atoms with Crippen molar-refractivity contribution in [3.05, 3.63) is 71.5 Å². The Morgan fingerprint density at radius 1 is 0.963 bits per heavy atom. The lowest BCUT2D eigenvalue weighted by Gasteiger charge is -2.16. The van der Waals surface area contributed by atoms with Crippen molar-refractivity contribution in [2.75, 3.05) is 26.2 Å². The minimum absolute atomic E-state index is 0.232. The summed E-state index contributed by atoms with van der Waals surface area (Å²) in [5, 5.41) is 4.38. The quantitative estimate of drug-likeness (QED) is 0.288. The highest BCUT2D eigenvalue weighted by Gasteiger charge is 2.06. The average Bonchev–Trinajstić information content (AvgIpc) is 2.71. The Hall–Kier alpha value is -2.20. The van der Waals surface area contributed by atoms with Crippen LogP contribution in [0.3, 0.4) is 0 Å². The van der Waals surface area contributed by atoms with Crippen molar-refractivity contribution in [1.82, 2.24) is 4.90 Å². The number of nitrogens with zero attached hydrogens (tertiary/aromatic N) is 2. The van der Waals surface area contributed by atoms with Gasteiger partial charge in [0.05, 0.1) is 5.71 Å². The Morgan fingerprint density at radius 2 is 1.67 bits per heavy atom. The molecule has 0 fully saturated rings. The molecule has 0 aliphatic heterocycles. The molecular weight excluding hydrogens is 339 g/mol. The molecule has 0 aliphatic rings. The minimum Gasteiger partial charge on any atom is -0.394 e. The first kappa shape index (κ1) is 21.1. The maximum absolute atomic E-state index is 13.2. The van der Waals surface area contributed by atoms with Crippen LogP contribution in [-0.4, -0.2) is 36.9 Å². The van der Waals surface area contributed by atoms with Crippen molar-refractivity contribution >= 4 is 5.71 Å². The molecule has 0 spiro atoms. The molecule has 0 saturated carbocycles. The highest BCUT2D eigenvalue weighted by molar-refractivity contribution is 6.00. The van der Waals surface area contributed by atoms with E-state index in [1.54, 1.807) is 12.1 Å². The lowest BCUT2D eigenvalue weighted by atomic mass is 10.0. The maximum Gasteiger partial charge on any atom is 0.129 e. The van der Waals surface area contributed by atoms with E-state index in [1.165, 1.54) is 17.7 Å². The molecule has 0 saturated heterocycles. The van der Waals surface area contributed by atoms with Crippen LogP contribution in [0.2, 0.25) is 0 Å². The highest BCUT2D eigenvalue weighted by atomic mass is 19.1. The monoisotopic (exact) mass is 370 g/mol. The molecule has 2 aromatic carbocycles. The van der Waals surface area contributed by atoms with Crippen LogP contribution in [-0.2, 0) is 11.3 Å². The minimum atomic E-state index is -0.232. The molecule has 0 bridgehead atoms. The van der Waals surface area contributed by atoms with Crippen molar-refractivity contribution in [2.45, 2.75) is 39.5 Å². The molecule has 27 heavy (non-hydrogen) atoms. The van der Waals surface area contributed by atoms with Gasteiger partial charge in [-0.25, -0.2) is 4.39 Å². The summed E-state index contributed by atoms with van der Waals surface area (Å²) >= 11 is 0. The molecule has 0 amide bonds. The van der Waals surface area contributed by atoms with Crippen molar-refractivity contribution in [2.24, 2.45) is 5.16 Å². The van der Waals surface area contributed by atoms with E-state index in [0.29, 0.717) is 6.61 Å². The summed E-state index contributed by atoms with van der Waals surface area (Å²) in [6, 6.07) is 17.0. The zero-order chi connectivity index (χ0) is 19.3. The number of hydrogen-bond donors (Lipinski definition) is 0. The third-order valence-electron chi connectivity index (χ3n) is 4.72. The van der Waals surface area contributed by atoms with E-state index in [1.807, 2.05) is 6.07 Å². The smallest absolute Gasteiger partial charge is 0.129 e. The molecule has 0 N–H and O–H groups in total. The zero-order valence-electron chi connectivity index (χ0n) is 16.5. The second-order valence-corrected chi connectivity index (χ2v) is 6.60. The first-order valence-electron chi connectivity index (χ1n) is 9.94. The predicted molar refractivity (Wildman–Crippen MR) is 111 cm³/mol. The normalized spacial score (nSPS) is 11.8. The second-order valence-electron chi connectivity index (χ2n) is 6.60. The van der Waals surface area contributed by atoms with E-state index in [-0.39, 0.29) is 5.82 Å². The predicted octanol–water partition coefficient (Wildman–Crippen LogP) is 5.30. The molecule has 0 radical (unpaired) electrons. The van der Waals surface area contributed by atoms with Crippen LogP contribution >= 0.6 is 0 Å². The van der Waals surface area contributed by atoms with E-state index >= 15 is 0 Å². The summed E-state index contributed by atoms with van der Waals surface area (Å²) in [6.45, 7) is 7.73. The Kier molecular flexibility index (Phi) is 9.56. The second kappa shape index (κ2) is 12.2. The van der Waals surface area contributed by atoms with Crippen molar-refractivity contribution in [1.29, 1.82) is 0 Å². The van der Waals surface area contributed by atoms with Crippen LogP contribution in [0.5, 0.6) is 0 Å². The van der Waals surface area contributed by atoms with E-state index in [4.69, 9.17) is 4.84 Å². The lowest BCUT2D eigenvalue weighted by Crippen LogP contribution is -2.26. The van der Waals surface area contributed by atoms with Gasteiger partial charge >= 0.3 is 0 Å². The Labute approximate surface area is 162 Å². The number of rotatable bonds is 12. The molecular formula is C23H31FN2O. The molecule has 3 nitrogen and oxygen atoms in total. The Balaban J connectivity index is 1.88. The van der Waals surface area contributed by atoms with E-state index in [0.717, 1.165) is 56.6 Å². The fourth-order valence-corrected chi connectivity index (χ4v) is 2.98. The third kappa shape index (κ3) is 7.92. The van der Waals surface area contributed by atoms with Crippen LogP contribution in [0.25, 0.3) is 0 Å². The molecule has 0 aliphatic carbocycles. The molecule has 0 atom stereocenters. The largest absolute Gasteiger partial charge is 0.394 e. The van der Waals surface area contributed by atoms with Gasteiger partial charge in [-0.2, -0.15) is 0 Å². The molecule has 146 valence electrons. The van der Waals surface area contributed by atoms with E-state index < -0.39 is 0 Å². The maximum atomic E-state index is 13.2. The Morgan fingerprint density at radius 3 is 2.33 bits per heavy atom. The Bertz CT molecular complexity index is 667. The van der Waals surface area contributed by atoms with Gasteiger partial charge in [0.1, 0.15) is 12.4 Å². The van der Waals surface area contributed by atoms with Gasteiger partial charge in [-0.3, -0.25) is 0 Å². The molecule has 2 aromatic rings. The fourth-order valence-electron chi connectivity index (χ4n) is 2.98. The molecule has 0 aromatic heterocycles. The first-order chi connectivity index (χ1) is 13.2. The molecule has 0 unspecified atom stereocenters. The summed E-state index contributed by atoms with van der Waals surface area (Å²) in [6.07, 6.45) is 3.98. The molecule has 4 heteroatoms. The SMILES string of the molecule is CCN(CC)CCO/N=C(\CCCCc1ccccc1)c1ccc(F)cc1. The van der Waals surface area contributed by atoms with E-state index in [9.17, 15) is 4.39 Å². The molecule has 2 rings (SSSR count). The van der Waals surface area contributed by atoms with Crippen LogP contribution in [0.15, 0.2) is 59.8 Å². The van der Waals surface area contributed by atoms with Crippen molar-refractivity contribution in [3.8, 4) is 0 Å². The third-order valence-corrected chi connectivity index (χ3v) is 4.72. The lowest BCUT2D eigenvalue weighted by molar-refractivity contribution is 0.114. The summed E-state index contributed by atoms with van der Waals surface area (Å²) in [5.74, 6) is -0.232. The number of aryl methyl sites for hydroxylation is 1. The summed E-state index contributed by atoms with van der Waals surface area (Å²) < 4.78 is 13.2. The number of benzene rings is 2. The standard InChI is InChI=1S/C23H31FN2O/c1-3-26(4-2)18-19-27-25-23(21-14-16-22(24)17-15-21)13-9-8-12-20-10-6-5-7-11-20/h5-7,10-11,14-17H,3-4,8-9,12-13,18-19H2,1-2H3/b25-23+. The topological polar surface area (TPSA) is 24.8 Å². The van der Waals surface area contributed by atoms with Gasteiger partial charge in [-0.15, -0.1) is 0 Å². The fraction of sp³-hybridized carbons (Fsp3) is 0.435. The van der Waals surface area contributed by atoms with Crippen molar-refractivity contribution < 1.29 is 9.23 Å². The highest BCUT2D eigenvalue weighted by Crippen LogP contribution is 2.12. The van der Waals surface area contributed by atoms with Gasteiger partial charge < -0.3 is 9.74 Å². The van der Waals surface area contributed by atoms with Gasteiger partial charge in [0.25, 0.3) is 0 Å². The van der Waals surface area contributed by atoms with Crippen molar-refractivity contribution in [3.63, 3.8) is 0 Å². The van der Waals surface area contributed by atoms with Gasteiger partial charge in [-0.05, 0) is 62.0 Å². The number of hydrogen-bond acceptors (Lipinski definition) is 3. The average molecular weight is 371 g/mol. The first-order valence-corrected chi connectivity index (χ1v) is 9.94. The van der Waals surface area contributed by atoms with Gasteiger partial charge in [0, 0.05) is 6.54 Å². The van der Waals surface area contributed by atoms with Crippen LogP contribution < -0.4 is 0 Å². The number of halogens is 1.